The number of nitrogens with one attached hydrogen (secondary N) is 2. The normalized spacial score (nSPS) is 18.4. The van der Waals surface area contributed by atoms with Crippen LogP contribution in [0.25, 0.3) is 17.4 Å². The third-order valence-electron chi connectivity index (χ3n) is 6.60. The summed E-state index contributed by atoms with van der Waals surface area (Å²) in [4.78, 5) is 27.4. The highest BCUT2D eigenvalue weighted by Gasteiger charge is 2.39. The Kier molecular flexibility index (Phi) is 4.74. The predicted molar refractivity (Wildman–Crippen MR) is 121 cm³/mol. The molecule has 0 amide bonds. The second-order valence-corrected chi connectivity index (χ2v) is 8.83. The zero-order valence-corrected chi connectivity index (χ0v) is 18.0. The van der Waals surface area contributed by atoms with Crippen molar-refractivity contribution in [2.24, 2.45) is 11.1 Å². The molecule has 0 aliphatic carbocycles. The molecule has 8 heteroatoms. The lowest BCUT2D eigenvalue weighted by atomic mass is 9.73. The fourth-order valence-corrected chi connectivity index (χ4v) is 4.52. The van der Waals surface area contributed by atoms with E-state index in [0.29, 0.717) is 22.5 Å². The lowest BCUT2D eigenvalue weighted by Crippen LogP contribution is -2.58. The lowest BCUT2D eigenvalue weighted by Gasteiger charge is -2.48. The molecule has 5 heterocycles. The third-order valence-corrected chi connectivity index (χ3v) is 6.60. The molecule has 3 aromatic heterocycles. The van der Waals surface area contributed by atoms with Crippen LogP contribution in [-0.4, -0.2) is 40.5 Å². The van der Waals surface area contributed by atoms with Crippen molar-refractivity contribution in [3.63, 3.8) is 0 Å². The first-order valence-electron chi connectivity index (χ1n) is 10.8. The van der Waals surface area contributed by atoms with Crippen LogP contribution in [0.3, 0.4) is 0 Å². The molecule has 0 atom stereocenters. The van der Waals surface area contributed by atoms with Gasteiger partial charge in [-0.3, -0.25) is 9.20 Å². The number of pyridine rings is 1. The van der Waals surface area contributed by atoms with Gasteiger partial charge in [-0.05, 0) is 44.2 Å². The molecule has 5 rings (SSSR count). The maximum Gasteiger partial charge on any atom is 0.258 e. The molecule has 3 aromatic rings. The van der Waals surface area contributed by atoms with Crippen molar-refractivity contribution in [1.82, 2.24) is 19.7 Å². The van der Waals surface area contributed by atoms with E-state index in [4.69, 9.17) is 5.73 Å². The van der Waals surface area contributed by atoms with Crippen molar-refractivity contribution in [2.45, 2.75) is 26.7 Å². The Labute approximate surface area is 180 Å². The average molecular weight is 419 g/mol. The van der Waals surface area contributed by atoms with Gasteiger partial charge in [0.25, 0.3) is 5.56 Å². The molecule has 2 fully saturated rings. The number of nitrogens with zero attached hydrogens (tertiary/aromatic N) is 4. The Morgan fingerprint density at radius 1 is 1.23 bits per heavy atom. The smallest absolute Gasteiger partial charge is 0.258 e. The Morgan fingerprint density at radius 3 is 2.68 bits per heavy atom. The Morgan fingerprint density at radius 2 is 2.00 bits per heavy atom. The molecular formula is C23H28N7O+. The van der Waals surface area contributed by atoms with Crippen LogP contribution in [0.1, 0.15) is 35.6 Å². The van der Waals surface area contributed by atoms with Crippen LogP contribution in [0.5, 0.6) is 0 Å². The topological polar surface area (TPSA) is 103 Å². The Balaban J connectivity index is 1.43. The van der Waals surface area contributed by atoms with E-state index in [9.17, 15) is 4.79 Å². The summed E-state index contributed by atoms with van der Waals surface area (Å²) in [5.74, 6) is 0. The Hall–Kier alpha value is -3.26. The molecule has 4 N–H and O–H groups in total. The molecule has 0 radical (unpaired) electrons. The van der Waals surface area contributed by atoms with Crippen LogP contribution in [-0.2, 0) is 0 Å². The molecule has 2 saturated heterocycles. The summed E-state index contributed by atoms with van der Waals surface area (Å²) in [6.45, 7) is 8.14. The van der Waals surface area contributed by atoms with Crippen LogP contribution >= 0.6 is 0 Å². The molecule has 0 saturated carbocycles. The van der Waals surface area contributed by atoms with Gasteiger partial charge in [0.15, 0.2) is 6.20 Å². The van der Waals surface area contributed by atoms with E-state index >= 15 is 0 Å². The zero-order valence-electron chi connectivity index (χ0n) is 18.0. The molecule has 0 bridgehead atoms. The van der Waals surface area contributed by atoms with Crippen molar-refractivity contribution in [1.29, 1.82) is 0 Å². The van der Waals surface area contributed by atoms with E-state index in [1.807, 2.05) is 38.4 Å². The molecule has 2 aliphatic heterocycles. The first kappa shape index (κ1) is 19.7. The number of aryl methyl sites for hydroxylation is 2. The number of rotatable bonds is 3. The second-order valence-electron chi connectivity index (χ2n) is 8.83. The fraction of sp³-hybridized carbons (Fsp3) is 0.391. The van der Waals surface area contributed by atoms with Gasteiger partial charge in [0.2, 0.25) is 5.69 Å². The fourth-order valence-electron chi connectivity index (χ4n) is 4.52. The number of fused-ring (bicyclic) bond motifs is 1. The standard InChI is InChI=1S/C23H27N7O/c1-15-11-26-19(16(2)27-15)9-18(24)20-10-22(31)30-12-17(3-4-21(30)28-20)29-7-5-23(6-8-29)13-25-14-23/h3-4,9-12,25H,5-8,13-14,24H2,1-2H3/p+1. The summed E-state index contributed by atoms with van der Waals surface area (Å²) in [6.07, 6.45) is 7.87. The lowest BCUT2D eigenvalue weighted by molar-refractivity contribution is -0.383. The molecule has 0 aromatic carbocycles. The van der Waals surface area contributed by atoms with Gasteiger partial charge in [0, 0.05) is 44.5 Å². The van der Waals surface area contributed by atoms with Crippen molar-refractivity contribution >= 4 is 23.1 Å². The van der Waals surface area contributed by atoms with Gasteiger partial charge in [-0.1, -0.05) is 0 Å². The van der Waals surface area contributed by atoms with E-state index in [-0.39, 0.29) is 5.56 Å². The quantitative estimate of drug-likeness (QED) is 0.662. The van der Waals surface area contributed by atoms with Gasteiger partial charge in [0.1, 0.15) is 17.0 Å². The third kappa shape index (κ3) is 3.67. The largest absolute Gasteiger partial charge is 0.397 e. The minimum atomic E-state index is -0.141. The Bertz CT molecular complexity index is 1230. The number of hydrogen-bond acceptors (Lipinski definition) is 6. The van der Waals surface area contributed by atoms with Gasteiger partial charge < -0.3 is 16.0 Å². The first-order chi connectivity index (χ1) is 14.9. The number of piperidine rings is 1. The monoisotopic (exact) mass is 418 g/mol. The molecule has 0 unspecified atom stereocenters. The van der Waals surface area contributed by atoms with Crippen LogP contribution in [0.15, 0.2) is 35.4 Å². The molecule has 2 aliphatic rings. The van der Waals surface area contributed by atoms with Crippen LogP contribution in [0.2, 0.25) is 0 Å². The molecule has 160 valence electrons. The molecule has 1 spiro atoms. The van der Waals surface area contributed by atoms with Crippen LogP contribution in [0.4, 0.5) is 5.69 Å². The van der Waals surface area contributed by atoms with Gasteiger partial charge >= 0.3 is 0 Å². The summed E-state index contributed by atoms with van der Waals surface area (Å²) >= 11 is 0. The number of aromatic nitrogens is 4. The van der Waals surface area contributed by atoms with E-state index in [0.717, 1.165) is 48.9 Å². The zero-order chi connectivity index (χ0) is 21.6. The van der Waals surface area contributed by atoms with Gasteiger partial charge in [-0.2, -0.15) is 0 Å². The van der Waals surface area contributed by atoms with Crippen molar-refractivity contribution in [2.75, 3.05) is 31.1 Å². The highest BCUT2D eigenvalue weighted by Crippen LogP contribution is 2.36. The van der Waals surface area contributed by atoms with E-state index < -0.39 is 0 Å². The first-order valence-corrected chi connectivity index (χ1v) is 10.8. The van der Waals surface area contributed by atoms with E-state index in [1.54, 1.807) is 10.5 Å². The SMILES string of the molecule is Cc1c[nH+]c(C=C(N)c2cc(=O)n3cc(N4CCC5(CC4)CNC5)ccc3n2)c(C)n1. The summed E-state index contributed by atoms with van der Waals surface area (Å²) in [7, 11) is 0. The number of nitrogens with two attached hydrogens (primary N) is 1. The number of hydrogen-bond donors (Lipinski definition) is 2. The minimum Gasteiger partial charge on any atom is -0.397 e. The van der Waals surface area contributed by atoms with Gasteiger partial charge in [-0.15, -0.1) is 0 Å². The van der Waals surface area contributed by atoms with E-state index in [1.165, 1.54) is 18.9 Å². The van der Waals surface area contributed by atoms with Crippen molar-refractivity contribution in [3.8, 4) is 0 Å². The maximum absolute atomic E-state index is 12.9. The highest BCUT2D eigenvalue weighted by atomic mass is 16.1. The number of aromatic amines is 1. The minimum absolute atomic E-state index is 0.141. The van der Waals surface area contributed by atoms with Crippen molar-refractivity contribution in [3.05, 3.63) is 63.7 Å². The summed E-state index contributed by atoms with van der Waals surface area (Å²) in [5.41, 5.74) is 11.7. The summed E-state index contributed by atoms with van der Waals surface area (Å²) in [6, 6.07) is 5.43. The van der Waals surface area contributed by atoms with Crippen LogP contribution in [0, 0.1) is 19.3 Å². The number of H-pyrrole nitrogens is 1. The van der Waals surface area contributed by atoms with E-state index in [2.05, 4.69) is 25.2 Å². The molecule has 31 heavy (non-hydrogen) atoms. The average Bonchev–Trinajstić information content (AvgIpc) is 2.74. The number of anilines is 1. The maximum atomic E-state index is 12.9. The molecule has 8 nitrogen and oxygen atoms in total. The highest BCUT2D eigenvalue weighted by molar-refractivity contribution is 5.77. The van der Waals surface area contributed by atoms with Crippen molar-refractivity contribution < 1.29 is 4.98 Å². The van der Waals surface area contributed by atoms with Crippen LogP contribution < -0.4 is 26.5 Å². The predicted octanol–water partition coefficient (Wildman–Crippen LogP) is 1.17. The van der Waals surface area contributed by atoms with Gasteiger partial charge in [-0.25, -0.2) is 15.0 Å². The summed E-state index contributed by atoms with van der Waals surface area (Å²) < 4.78 is 1.60. The summed E-state index contributed by atoms with van der Waals surface area (Å²) in [5, 5.41) is 3.40. The second kappa shape index (κ2) is 7.46. The van der Waals surface area contributed by atoms with Gasteiger partial charge in [0.05, 0.1) is 17.1 Å². The molecular weight excluding hydrogens is 390 g/mol.